The van der Waals surface area contributed by atoms with E-state index in [1.165, 1.54) is 0 Å². The van der Waals surface area contributed by atoms with Gasteiger partial charge in [-0.05, 0) is 26.3 Å². The van der Waals surface area contributed by atoms with E-state index in [4.69, 9.17) is 0 Å². The predicted molar refractivity (Wildman–Crippen MR) is 89.1 cm³/mol. The fourth-order valence-electron chi connectivity index (χ4n) is 3.27. The summed E-state index contributed by atoms with van der Waals surface area (Å²) < 4.78 is 0. The molecule has 0 spiro atoms. The molecule has 4 heteroatoms. The summed E-state index contributed by atoms with van der Waals surface area (Å²) >= 11 is 0. The lowest BCUT2D eigenvalue weighted by molar-refractivity contribution is 0.167. The van der Waals surface area contributed by atoms with Gasteiger partial charge in [0.2, 0.25) is 0 Å². The van der Waals surface area contributed by atoms with Crippen molar-refractivity contribution in [2.75, 3.05) is 44.2 Å². The molecule has 1 heterocycles. The van der Waals surface area contributed by atoms with Crippen LogP contribution in [0.15, 0.2) is 18.2 Å². The Bertz CT molecular complexity index is 440. The molecular formula is C17H29N3O. The van der Waals surface area contributed by atoms with Gasteiger partial charge in [-0.3, -0.25) is 4.90 Å². The number of aromatic hydroxyl groups is 1. The zero-order chi connectivity index (χ0) is 15.2. The van der Waals surface area contributed by atoms with Gasteiger partial charge in [0.25, 0.3) is 0 Å². The SMILES string of the molecule is CC[C@H](c1ccc(N(CC)CC)cc1O)N1CCNCC1. The Labute approximate surface area is 128 Å². The number of piperazine rings is 1. The summed E-state index contributed by atoms with van der Waals surface area (Å²) in [5, 5.41) is 13.9. The molecule has 1 saturated heterocycles. The van der Waals surface area contributed by atoms with Gasteiger partial charge in [-0.2, -0.15) is 0 Å². The number of rotatable bonds is 6. The first kappa shape index (κ1) is 16.1. The summed E-state index contributed by atoms with van der Waals surface area (Å²) in [4.78, 5) is 4.73. The first-order chi connectivity index (χ1) is 10.2. The minimum atomic E-state index is 0.317. The number of anilines is 1. The van der Waals surface area contributed by atoms with E-state index in [1.54, 1.807) is 0 Å². The lowest BCUT2D eigenvalue weighted by Crippen LogP contribution is -2.45. The molecule has 0 bridgehead atoms. The molecule has 118 valence electrons. The Hall–Kier alpha value is -1.26. The zero-order valence-electron chi connectivity index (χ0n) is 13.6. The van der Waals surface area contributed by atoms with Crippen LogP contribution in [0.3, 0.4) is 0 Å². The van der Waals surface area contributed by atoms with E-state index in [2.05, 4.69) is 48.0 Å². The van der Waals surface area contributed by atoms with Gasteiger partial charge in [0.05, 0.1) is 0 Å². The molecule has 1 atom stereocenters. The van der Waals surface area contributed by atoms with Crippen LogP contribution >= 0.6 is 0 Å². The van der Waals surface area contributed by atoms with Gasteiger partial charge in [-0.25, -0.2) is 0 Å². The molecule has 21 heavy (non-hydrogen) atoms. The monoisotopic (exact) mass is 291 g/mol. The summed E-state index contributed by atoms with van der Waals surface area (Å²) in [5.74, 6) is 0.435. The minimum absolute atomic E-state index is 0.317. The van der Waals surface area contributed by atoms with Gasteiger partial charge in [-0.1, -0.05) is 13.0 Å². The molecule has 0 unspecified atom stereocenters. The van der Waals surface area contributed by atoms with Crippen LogP contribution in [-0.2, 0) is 0 Å². The van der Waals surface area contributed by atoms with Crippen molar-refractivity contribution < 1.29 is 5.11 Å². The van der Waals surface area contributed by atoms with Crippen molar-refractivity contribution in [3.05, 3.63) is 23.8 Å². The van der Waals surface area contributed by atoms with E-state index >= 15 is 0 Å². The molecule has 1 aliphatic rings. The molecule has 2 rings (SSSR count). The molecule has 1 aromatic rings. The van der Waals surface area contributed by atoms with Crippen LogP contribution in [0.25, 0.3) is 0 Å². The Balaban J connectivity index is 2.21. The molecule has 1 fully saturated rings. The molecule has 4 nitrogen and oxygen atoms in total. The minimum Gasteiger partial charge on any atom is -0.508 e. The quantitative estimate of drug-likeness (QED) is 0.845. The van der Waals surface area contributed by atoms with Crippen molar-refractivity contribution >= 4 is 5.69 Å². The lowest BCUT2D eigenvalue weighted by Gasteiger charge is -2.35. The molecule has 2 N–H and O–H groups in total. The molecule has 1 aromatic carbocycles. The summed E-state index contributed by atoms with van der Waals surface area (Å²) in [5.41, 5.74) is 2.17. The smallest absolute Gasteiger partial charge is 0.122 e. The van der Waals surface area contributed by atoms with Crippen LogP contribution in [0, 0.1) is 0 Å². The molecular weight excluding hydrogens is 262 g/mol. The summed E-state index contributed by atoms with van der Waals surface area (Å²) in [6, 6.07) is 6.50. The van der Waals surface area contributed by atoms with Crippen LogP contribution in [0.5, 0.6) is 5.75 Å². The summed E-state index contributed by atoms with van der Waals surface area (Å²) in [7, 11) is 0. The van der Waals surface area contributed by atoms with E-state index in [1.807, 2.05) is 6.07 Å². The van der Waals surface area contributed by atoms with Crippen LogP contribution in [0.4, 0.5) is 5.69 Å². The molecule has 0 radical (unpaired) electrons. The number of nitrogens with one attached hydrogen (secondary N) is 1. The highest BCUT2D eigenvalue weighted by molar-refractivity contribution is 5.54. The third-order valence-electron chi connectivity index (χ3n) is 4.48. The van der Waals surface area contributed by atoms with E-state index in [0.29, 0.717) is 11.8 Å². The van der Waals surface area contributed by atoms with Crippen molar-refractivity contribution in [2.24, 2.45) is 0 Å². The van der Waals surface area contributed by atoms with E-state index in [9.17, 15) is 5.11 Å². The maximum absolute atomic E-state index is 10.5. The third kappa shape index (κ3) is 3.69. The topological polar surface area (TPSA) is 38.7 Å². The second-order valence-corrected chi connectivity index (χ2v) is 5.63. The maximum atomic E-state index is 10.5. The second-order valence-electron chi connectivity index (χ2n) is 5.63. The van der Waals surface area contributed by atoms with Crippen molar-refractivity contribution in [1.82, 2.24) is 10.2 Å². The number of hydrogen-bond acceptors (Lipinski definition) is 4. The molecule has 1 aliphatic heterocycles. The van der Waals surface area contributed by atoms with Crippen molar-refractivity contribution in [3.63, 3.8) is 0 Å². The standard InChI is InChI=1S/C17H29N3O/c1-4-16(20-11-9-18-10-12-20)15-8-7-14(13-17(15)21)19(5-2)6-3/h7-8,13,16,18,21H,4-6,9-12H2,1-3H3/t16-/m1/s1. The molecule has 0 aromatic heterocycles. The summed E-state index contributed by atoms with van der Waals surface area (Å²) in [6.07, 6.45) is 1.03. The first-order valence-electron chi connectivity index (χ1n) is 8.23. The number of nitrogens with zero attached hydrogens (tertiary/aromatic N) is 2. The average Bonchev–Trinajstić information content (AvgIpc) is 2.52. The Morgan fingerprint density at radius 2 is 1.86 bits per heavy atom. The fraction of sp³-hybridized carbons (Fsp3) is 0.647. The van der Waals surface area contributed by atoms with Gasteiger partial charge in [-0.15, -0.1) is 0 Å². The first-order valence-corrected chi connectivity index (χ1v) is 8.23. The highest BCUT2D eigenvalue weighted by Gasteiger charge is 2.23. The van der Waals surface area contributed by atoms with Crippen LogP contribution in [0.1, 0.15) is 38.8 Å². The number of phenolic OH excluding ortho intramolecular Hbond substituents is 1. The largest absolute Gasteiger partial charge is 0.508 e. The van der Waals surface area contributed by atoms with Gasteiger partial charge < -0.3 is 15.3 Å². The number of phenols is 1. The van der Waals surface area contributed by atoms with Crippen molar-refractivity contribution in [2.45, 2.75) is 33.2 Å². The average molecular weight is 291 g/mol. The highest BCUT2D eigenvalue weighted by Crippen LogP contribution is 2.34. The molecule has 0 saturated carbocycles. The van der Waals surface area contributed by atoms with Crippen LogP contribution < -0.4 is 10.2 Å². The zero-order valence-corrected chi connectivity index (χ0v) is 13.6. The van der Waals surface area contributed by atoms with Crippen LogP contribution in [-0.4, -0.2) is 49.3 Å². The third-order valence-corrected chi connectivity index (χ3v) is 4.48. The van der Waals surface area contributed by atoms with Crippen LogP contribution in [0.2, 0.25) is 0 Å². The molecule has 0 aliphatic carbocycles. The maximum Gasteiger partial charge on any atom is 0.122 e. The molecule has 0 amide bonds. The Morgan fingerprint density at radius 1 is 1.19 bits per heavy atom. The van der Waals surface area contributed by atoms with Gasteiger partial charge in [0.15, 0.2) is 0 Å². The van der Waals surface area contributed by atoms with Gasteiger partial charge >= 0.3 is 0 Å². The van der Waals surface area contributed by atoms with Crippen molar-refractivity contribution in [3.8, 4) is 5.75 Å². The predicted octanol–water partition coefficient (Wildman–Crippen LogP) is 2.59. The van der Waals surface area contributed by atoms with E-state index < -0.39 is 0 Å². The highest BCUT2D eigenvalue weighted by atomic mass is 16.3. The number of hydrogen-bond donors (Lipinski definition) is 2. The fourth-order valence-corrected chi connectivity index (χ4v) is 3.27. The Morgan fingerprint density at radius 3 is 2.38 bits per heavy atom. The van der Waals surface area contributed by atoms with Gasteiger partial charge in [0, 0.05) is 62.6 Å². The van der Waals surface area contributed by atoms with E-state index in [-0.39, 0.29) is 0 Å². The van der Waals surface area contributed by atoms with Crippen molar-refractivity contribution in [1.29, 1.82) is 0 Å². The van der Waals surface area contributed by atoms with E-state index in [0.717, 1.165) is 56.9 Å². The Kier molecular flexibility index (Phi) is 5.88. The summed E-state index contributed by atoms with van der Waals surface area (Å²) in [6.45, 7) is 12.6. The second kappa shape index (κ2) is 7.66. The number of benzene rings is 1. The lowest BCUT2D eigenvalue weighted by atomic mass is 10.00. The van der Waals surface area contributed by atoms with Gasteiger partial charge in [0.1, 0.15) is 5.75 Å². The normalized spacial score (nSPS) is 17.7.